The summed E-state index contributed by atoms with van der Waals surface area (Å²) >= 11 is 0. The molecule has 25 rings (SSSR count). The molecule has 8 heteroatoms. The van der Waals surface area contributed by atoms with Crippen LogP contribution in [0.25, 0.3) is 22.3 Å². The van der Waals surface area contributed by atoms with Crippen LogP contribution in [0.15, 0.2) is 243 Å². The highest BCUT2D eigenvalue weighted by Crippen LogP contribution is 2.47. The Labute approximate surface area is 451 Å². The molecular weight excluding hydrogens is 969 g/mol. The maximum Gasteiger partial charge on any atom is 0.186 e. The molecule has 13 heterocycles. The van der Waals surface area contributed by atoms with E-state index in [1.165, 1.54) is 0 Å². The predicted molar refractivity (Wildman–Crippen MR) is 299 cm³/mol. The zero-order valence-corrected chi connectivity index (χ0v) is 42.2. The van der Waals surface area contributed by atoms with Crippen LogP contribution < -0.4 is 18.9 Å². The number of hydrogen-bond donors (Lipinski definition) is 0. The average molecular weight is 1020 g/mol. The number of hydrogen-bond acceptors (Lipinski definition) is 8. The number of rotatable bonds is 0. The zero-order chi connectivity index (χ0) is 52.8. The molecule has 16 bridgehead atoms. The first-order chi connectivity index (χ1) is 38.2. The van der Waals surface area contributed by atoms with E-state index < -0.39 is 10.8 Å². The summed E-state index contributed by atoms with van der Waals surface area (Å²) in [7, 11) is 0. The molecule has 10 aromatic rings. The lowest BCUT2D eigenvalue weighted by molar-refractivity contribution is 0.0814. The van der Waals surface area contributed by atoms with Crippen LogP contribution in [0.5, 0.6) is 23.0 Å². The van der Waals surface area contributed by atoms with E-state index in [0.29, 0.717) is 93.9 Å². The topological polar surface area (TPSA) is 105 Å². The number of ether oxygens (including phenoxy) is 4. The fraction of sp³-hybridized carbons (Fsp3) is 0.0857. The van der Waals surface area contributed by atoms with Crippen LogP contribution in [-0.4, -0.2) is 23.1 Å². The van der Waals surface area contributed by atoms with Gasteiger partial charge in [-0.15, -0.1) is 0 Å². The van der Waals surface area contributed by atoms with Crippen LogP contribution in [0, 0.1) is 0 Å². The summed E-state index contributed by atoms with van der Waals surface area (Å²) in [5.41, 5.74) is 8.77. The van der Waals surface area contributed by atoms with Crippen molar-refractivity contribution in [2.24, 2.45) is 0 Å². The molecule has 0 atom stereocenters. The van der Waals surface area contributed by atoms with Crippen molar-refractivity contribution in [1.82, 2.24) is 0 Å². The predicted octanol–water partition coefficient (Wildman–Crippen LogP) is 14.4. The van der Waals surface area contributed by atoms with Crippen LogP contribution in [0.1, 0.15) is 85.9 Å². The fourth-order valence-corrected chi connectivity index (χ4v) is 11.2. The first-order valence-corrected chi connectivity index (χ1v) is 25.9. The second kappa shape index (κ2) is 19.7. The smallest absolute Gasteiger partial charge is 0.186 e. The van der Waals surface area contributed by atoms with Crippen molar-refractivity contribution >= 4 is 23.1 Å². The Balaban J connectivity index is 0.788. The molecule has 13 aliphatic heterocycles. The minimum atomic E-state index is -1.58. The normalized spacial score (nSPS) is 15.2. The van der Waals surface area contributed by atoms with Crippen molar-refractivity contribution in [3.63, 3.8) is 0 Å². The number of fused-ring (bicyclic) bond motifs is 2. The standard InChI is InChI=1S/C70H48O8/c71-65-61-5-1-2-6-62(61)66(72)69(65)53-25-33-57(34-26-53)75-41-45-9-17-49(18-10-45)51-21-13-47(14-22-51)43-77-59-37-29-55(30-38-59)70(67(73)63-7-3-4-8-64(63)68(70)74)56-31-39-60(40-32-56)78-44-48-15-23-52(24-16-48)50-19-11-46(12-20-50)42-76-58-35-27-54(69)28-36-58/h1-40H,41-44H2. The molecule has 0 saturated heterocycles. The highest BCUT2D eigenvalue weighted by Gasteiger charge is 2.56. The van der Waals surface area contributed by atoms with Gasteiger partial charge in [0.15, 0.2) is 23.1 Å². The third-order valence-electron chi connectivity index (χ3n) is 15.4. The van der Waals surface area contributed by atoms with E-state index in [2.05, 4.69) is 48.5 Å². The maximum absolute atomic E-state index is 14.6. The van der Waals surface area contributed by atoms with Crippen molar-refractivity contribution < 1.29 is 38.1 Å². The lowest BCUT2D eigenvalue weighted by Gasteiger charge is -2.27. The zero-order valence-electron chi connectivity index (χ0n) is 42.2. The van der Waals surface area contributed by atoms with Gasteiger partial charge in [-0.25, -0.2) is 0 Å². The van der Waals surface area contributed by atoms with Gasteiger partial charge in [-0.3, -0.25) is 19.2 Å². The van der Waals surface area contributed by atoms with Crippen LogP contribution in [0.2, 0.25) is 0 Å². The van der Waals surface area contributed by atoms with E-state index in [1.807, 2.05) is 146 Å². The van der Waals surface area contributed by atoms with Crippen molar-refractivity contribution in [2.45, 2.75) is 37.3 Å². The Morgan fingerprint density at radius 2 is 0.423 bits per heavy atom. The van der Waals surface area contributed by atoms with Gasteiger partial charge in [0.05, 0.1) is 0 Å². The maximum atomic E-state index is 14.6. The van der Waals surface area contributed by atoms with Gasteiger partial charge in [-0.1, -0.05) is 194 Å². The summed E-state index contributed by atoms with van der Waals surface area (Å²) in [6.07, 6.45) is 0. The first kappa shape index (κ1) is 47.8. The molecule has 2 spiro atoms. The second-order valence-corrected chi connectivity index (χ2v) is 19.9. The Bertz CT molecular complexity index is 3400. The number of Topliss-reactive ketones (excluding diaryl/α,β-unsaturated/α-hetero) is 4. The molecule has 376 valence electrons. The van der Waals surface area contributed by atoms with E-state index >= 15 is 0 Å². The van der Waals surface area contributed by atoms with Crippen LogP contribution >= 0.6 is 0 Å². The summed E-state index contributed by atoms with van der Waals surface area (Å²) in [5.74, 6) is 1.35. The van der Waals surface area contributed by atoms with E-state index in [9.17, 15) is 19.2 Å². The molecular formula is C70H48O8. The lowest BCUT2D eigenvalue weighted by Crippen LogP contribution is -2.39. The van der Waals surface area contributed by atoms with Crippen molar-refractivity contribution in [2.75, 3.05) is 0 Å². The largest absolute Gasteiger partial charge is 0.489 e. The molecule has 0 radical (unpaired) electrons. The molecule has 0 fully saturated rings. The van der Waals surface area contributed by atoms with Gasteiger partial charge in [0.25, 0.3) is 0 Å². The third-order valence-corrected chi connectivity index (χ3v) is 15.4. The Morgan fingerprint density at radius 3 is 0.615 bits per heavy atom. The molecule has 8 nitrogen and oxygen atoms in total. The van der Waals surface area contributed by atoms with Gasteiger partial charge >= 0.3 is 0 Å². The molecule has 0 saturated carbocycles. The quantitative estimate of drug-likeness (QED) is 0.138. The minimum Gasteiger partial charge on any atom is -0.489 e. The Hall–Kier alpha value is -9.92. The van der Waals surface area contributed by atoms with Gasteiger partial charge < -0.3 is 18.9 Å². The number of carbonyl (C=O) groups is 4. The number of ketones is 4. The van der Waals surface area contributed by atoms with E-state index in [1.54, 1.807) is 48.5 Å². The Morgan fingerprint density at radius 1 is 0.231 bits per heavy atom. The summed E-state index contributed by atoms with van der Waals surface area (Å²) in [6, 6.07) is 75.9. The SMILES string of the molecule is O=C1c2ccccc2C(=O)C12c1ccc(cc1)OCc1ccc(cc1)-c1ccc(cc1)COc1ccc(cc1)C1(C(=O)c3ccccc3C1=O)c1ccc(cc1)OCc1ccc(cc1)-c1ccc(cc1)COc1ccc2cc1. The summed E-state index contributed by atoms with van der Waals surface area (Å²) in [4.78, 5) is 58.2. The number of benzene rings is 10. The second-order valence-electron chi connectivity index (χ2n) is 19.9. The first-order valence-electron chi connectivity index (χ1n) is 25.9. The molecule has 78 heavy (non-hydrogen) atoms. The average Bonchev–Trinajstić information content (AvgIpc) is 4.03. The highest BCUT2D eigenvalue weighted by atomic mass is 16.5. The minimum absolute atomic E-state index is 0.266. The monoisotopic (exact) mass is 1020 g/mol. The molecule has 0 amide bonds. The molecule has 0 unspecified atom stereocenters. The van der Waals surface area contributed by atoms with Gasteiger partial charge in [0.2, 0.25) is 0 Å². The van der Waals surface area contributed by atoms with E-state index in [-0.39, 0.29) is 23.1 Å². The van der Waals surface area contributed by atoms with Crippen molar-refractivity contribution in [1.29, 1.82) is 0 Å². The lowest BCUT2D eigenvalue weighted by atomic mass is 9.70. The summed E-state index contributed by atoms with van der Waals surface area (Å²) < 4.78 is 25.0. The van der Waals surface area contributed by atoms with Gasteiger partial charge in [-0.2, -0.15) is 0 Å². The molecule has 2 aliphatic carbocycles. The van der Waals surface area contributed by atoms with Gasteiger partial charge in [0.1, 0.15) is 60.3 Å². The van der Waals surface area contributed by atoms with Crippen LogP contribution in [0.3, 0.4) is 0 Å². The molecule has 10 aromatic carbocycles. The molecule has 15 aliphatic rings. The van der Waals surface area contributed by atoms with Crippen LogP contribution in [0.4, 0.5) is 0 Å². The molecule has 0 N–H and O–H groups in total. The number of carbonyl (C=O) groups excluding carboxylic acids is 4. The van der Waals surface area contributed by atoms with Crippen LogP contribution in [-0.2, 0) is 37.3 Å². The summed E-state index contributed by atoms with van der Waals surface area (Å²) in [6.45, 7) is 1.26. The third kappa shape index (κ3) is 8.26. The highest BCUT2D eigenvalue weighted by molar-refractivity contribution is 6.36. The van der Waals surface area contributed by atoms with Gasteiger partial charge in [-0.05, 0) is 115 Å². The van der Waals surface area contributed by atoms with Crippen molar-refractivity contribution in [3.05, 3.63) is 309 Å². The fourth-order valence-electron chi connectivity index (χ4n) is 11.2. The Kier molecular flexibility index (Phi) is 12.0. The van der Waals surface area contributed by atoms with E-state index in [4.69, 9.17) is 18.9 Å². The molecule has 0 aromatic heterocycles. The van der Waals surface area contributed by atoms with Crippen molar-refractivity contribution in [3.8, 4) is 45.3 Å². The van der Waals surface area contributed by atoms with Gasteiger partial charge in [0, 0.05) is 22.3 Å². The summed E-state index contributed by atoms with van der Waals surface area (Å²) in [5, 5.41) is 0. The van der Waals surface area contributed by atoms with E-state index in [0.717, 1.165) is 44.5 Å².